The fraction of sp³-hybridized carbons (Fsp3) is 0.455. The van der Waals surface area contributed by atoms with E-state index in [4.69, 9.17) is 0 Å². The summed E-state index contributed by atoms with van der Waals surface area (Å²) in [7, 11) is 1.61. The maximum atomic E-state index is 13.0. The van der Waals surface area contributed by atoms with Crippen molar-refractivity contribution in [2.45, 2.75) is 57.3 Å². The van der Waals surface area contributed by atoms with Crippen LogP contribution in [0.15, 0.2) is 36.4 Å². The van der Waals surface area contributed by atoms with Crippen molar-refractivity contribution in [2.24, 2.45) is 0 Å². The fourth-order valence-electron chi connectivity index (χ4n) is 4.14. The maximum Gasteiger partial charge on any atom is 0.272 e. The fourth-order valence-corrected chi connectivity index (χ4v) is 4.14. The molecule has 4 rings (SSSR count). The third-order valence-corrected chi connectivity index (χ3v) is 6.21. The summed E-state index contributed by atoms with van der Waals surface area (Å²) in [6.45, 7) is 2.27. The third-order valence-electron chi connectivity index (χ3n) is 6.21. The topological polar surface area (TPSA) is 96.3 Å². The van der Waals surface area contributed by atoms with E-state index < -0.39 is 5.54 Å². The molecule has 30 heavy (non-hydrogen) atoms. The average Bonchev–Trinajstić information content (AvgIpc) is 3.41. The summed E-state index contributed by atoms with van der Waals surface area (Å²) in [6, 6.07) is 11.3. The van der Waals surface area contributed by atoms with Crippen molar-refractivity contribution >= 4 is 17.7 Å². The first kappa shape index (κ1) is 20.1. The smallest absolute Gasteiger partial charge is 0.272 e. The number of fused-ring (bicyclic) bond motifs is 1. The highest BCUT2D eigenvalue weighted by Gasteiger charge is 2.46. The van der Waals surface area contributed by atoms with Crippen molar-refractivity contribution in [3.05, 3.63) is 53.3 Å². The van der Waals surface area contributed by atoms with Crippen LogP contribution >= 0.6 is 0 Å². The summed E-state index contributed by atoms with van der Waals surface area (Å²) in [4.78, 5) is 40.0. The van der Waals surface area contributed by atoms with Gasteiger partial charge in [-0.25, -0.2) is 0 Å². The molecule has 0 radical (unpaired) electrons. The van der Waals surface area contributed by atoms with Crippen molar-refractivity contribution in [3.63, 3.8) is 0 Å². The summed E-state index contributed by atoms with van der Waals surface area (Å²) in [5, 5.41) is 10.3. The van der Waals surface area contributed by atoms with Crippen LogP contribution in [0.25, 0.3) is 0 Å². The normalized spacial score (nSPS) is 21.4. The van der Waals surface area contributed by atoms with Gasteiger partial charge in [-0.2, -0.15) is 5.10 Å². The molecule has 1 aromatic carbocycles. The molecule has 2 aliphatic rings. The molecule has 1 aliphatic heterocycles. The number of amides is 3. The number of hydrogen-bond acceptors (Lipinski definition) is 4. The van der Waals surface area contributed by atoms with Crippen LogP contribution in [0.2, 0.25) is 0 Å². The van der Waals surface area contributed by atoms with Gasteiger partial charge in [-0.3, -0.25) is 19.1 Å². The zero-order valence-electron chi connectivity index (χ0n) is 17.4. The van der Waals surface area contributed by atoms with Crippen LogP contribution in [0.1, 0.15) is 59.1 Å². The Kier molecular flexibility index (Phi) is 5.32. The Morgan fingerprint density at radius 3 is 2.60 bits per heavy atom. The molecule has 158 valence electrons. The van der Waals surface area contributed by atoms with Gasteiger partial charge >= 0.3 is 0 Å². The van der Waals surface area contributed by atoms with E-state index in [1.165, 1.54) is 15.6 Å². The molecule has 1 aromatic heterocycles. The SMILES string of the molecule is CN1C(=O)c2cc(C(=O)NC3CCCC3)nn2C[C@]1(C)C(=O)NCc1ccccc1. The quantitative estimate of drug-likeness (QED) is 0.786. The number of rotatable bonds is 5. The van der Waals surface area contributed by atoms with Crippen molar-refractivity contribution in [1.82, 2.24) is 25.3 Å². The summed E-state index contributed by atoms with van der Waals surface area (Å²) in [5.41, 5.74) is 0.407. The monoisotopic (exact) mass is 409 g/mol. The predicted molar refractivity (Wildman–Crippen MR) is 111 cm³/mol. The van der Waals surface area contributed by atoms with Crippen LogP contribution < -0.4 is 10.6 Å². The van der Waals surface area contributed by atoms with Gasteiger partial charge in [0.1, 0.15) is 11.2 Å². The molecular weight excluding hydrogens is 382 g/mol. The summed E-state index contributed by atoms with van der Waals surface area (Å²) in [6.07, 6.45) is 4.18. The largest absolute Gasteiger partial charge is 0.350 e. The van der Waals surface area contributed by atoms with E-state index in [-0.39, 0.29) is 36.0 Å². The van der Waals surface area contributed by atoms with Gasteiger partial charge in [-0.1, -0.05) is 43.2 Å². The van der Waals surface area contributed by atoms with Crippen molar-refractivity contribution < 1.29 is 14.4 Å². The maximum absolute atomic E-state index is 13.0. The third kappa shape index (κ3) is 3.69. The lowest BCUT2D eigenvalue weighted by atomic mass is 9.96. The summed E-state index contributed by atoms with van der Waals surface area (Å²) in [5.74, 6) is -0.860. The molecular formula is C22H27N5O3. The van der Waals surface area contributed by atoms with Crippen LogP contribution in [-0.4, -0.2) is 51.0 Å². The zero-order valence-corrected chi connectivity index (χ0v) is 17.4. The lowest BCUT2D eigenvalue weighted by molar-refractivity contribution is -0.132. The second-order valence-electron chi connectivity index (χ2n) is 8.33. The molecule has 1 atom stereocenters. The molecule has 1 fully saturated rings. The van der Waals surface area contributed by atoms with Gasteiger partial charge in [0.25, 0.3) is 11.8 Å². The molecule has 0 spiro atoms. The van der Waals surface area contributed by atoms with E-state index >= 15 is 0 Å². The average molecular weight is 409 g/mol. The van der Waals surface area contributed by atoms with E-state index in [1.807, 2.05) is 30.3 Å². The molecule has 0 unspecified atom stereocenters. The lowest BCUT2D eigenvalue weighted by Crippen LogP contribution is -2.62. The highest BCUT2D eigenvalue weighted by atomic mass is 16.2. The molecule has 0 bridgehead atoms. The minimum absolute atomic E-state index is 0.170. The molecule has 1 saturated carbocycles. The Balaban J connectivity index is 1.50. The minimum Gasteiger partial charge on any atom is -0.350 e. The highest BCUT2D eigenvalue weighted by molar-refractivity contribution is 6.01. The van der Waals surface area contributed by atoms with Gasteiger partial charge in [-0.15, -0.1) is 0 Å². The van der Waals surface area contributed by atoms with Gasteiger partial charge in [0.05, 0.1) is 6.54 Å². The Bertz CT molecular complexity index is 964. The molecule has 2 N–H and O–H groups in total. The lowest BCUT2D eigenvalue weighted by Gasteiger charge is -2.40. The van der Waals surface area contributed by atoms with E-state index in [0.29, 0.717) is 12.2 Å². The number of aromatic nitrogens is 2. The van der Waals surface area contributed by atoms with Crippen LogP contribution in [0.3, 0.4) is 0 Å². The van der Waals surface area contributed by atoms with E-state index in [1.54, 1.807) is 14.0 Å². The first-order chi connectivity index (χ1) is 14.4. The Morgan fingerprint density at radius 1 is 1.20 bits per heavy atom. The highest BCUT2D eigenvalue weighted by Crippen LogP contribution is 2.26. The molecule has 2 heterocycles. The van der Waals surface area contributed by atoms with Crippen LogP contribution in [-0.2, 0) is 17.9 Å². The molecule has 1 aliphatic carbocycles. The molecule has 8 nitrogen and oxygen atoms in total. The van der Waals surface area contributed by atoms with Gasteiger partial charge < -0.3 is 15.5 Å². The standard InChI is InChI=1S/C22H27N5O3/c1-22(21(30)23-13-15-8-4-3-5-9-15)14-27-18(20(29)26(22)2)12-17(25-27)19(28)24-16-10-6-7-11-16/h3-5,8-9,12,16H,6-7,10-11,13-14H2,1-2H3,(H,23,30)(H,24,28)/t22-/m1/s1. The second kappa shape index (κ2) is 7.93. The molecule has 3 amide bonds. The molecule has 0 saturated heterocycles. The predicted octanol–water partition coefficient (Wildman–Crippen LogP) is 1.72. The summed E-state index contributed by atoms with van der Waals surface area (Å²) < 4.78 is 1.48. The number of nitrogens with one attached hydrogen (secondary N) is 2. The number of carbonyl (C=O) groups excluding carboxylic acids is 3. The Labute approximate surface area is 175 Å². The first-order valence-corrected chi connectivity index (χ1v) is 10.4. The van der Waals surface area contributed by atoms with Gasteiger partial charge in [0.2, 0.25) is 5.91 Å². The van der Waals surface area contributed by atoms with Gasteiger partial charge in [-0.05, 0) is 25.3 Å². The molecule has 8 heteroatoms. The van der Waals surface area contributed by atoms with Crippen molar-refractivity contribution in [1.29, 1.82) is 0 Å². The van der Waals surface area contributed by atoms with E-state index in [0.717, 1.165) is 31.2 Å². The number of likely N-dealkylation sites (N-methyl/N-ethyl adjacent to an activating group) is 1. The minimum atomic E-state index is -1.11. The Morgan fingerprint density at radius 2 is 1.90 bits per heavy atom. The first-order valence-electron chi connectivity index (χ1n) is 10.4. The number of hydrogen-bond donors (Lipinski definition) is 2. The van der Waals surface area contributed by atoms with Crippen LogP contribution in [0, 0.1) is 0 Å². The second-order valence-corrected chi connectivity index (χ2v) is 8.33. The van der Waals surface area contributed by atoms with Gasteiger partial charge in [0, 0.05) is 25.7 Å². The summed E-state index contributed by atoms with van der Waals surface area (Å²) >= 11 is 0. The number of nitrogens with zero attached hydrogens (tertiary/aromatic N) is 3. The number of benzene rings is 1. The van der Waals surface area contributed by atoms with Crippen LogP contribution in [0.4, 0.5) is 0 Å². The molecule has 2 aromatic rings. The van der Waals surface area contributed by atoms with Crippen LogP contribution in [0.5, 0.6) is 0 Å². The van der Waals surface area contributed by atoms with E-state index in [9.17, 15) is 14.4 Å². The van der Waals surface area contributed by atoms with Crippen molar-refractivity contribution in [2.75, 3.05) is 7.05 Å². The number of carbonyl (C=O) groups is 3. The van der Waals surface area contributed by atoms with Gasteiger partial charge in [0.15, 0.2) is 5.69 Å². The van der Waals surface area contributed by atoms with Crippen molar-refractivity contribution in [3.8, 4) is 0 Å². The Hall–Kier alpha value is -3.16. The van der Waals surface area contributed by atoms with E-state index in [2.05, 4.69) is 15.7 Å². The zero-order chi connectivity index (χ0) is 21.3.